The zero-order valence-corrected chi connectivity index (χ0v) is 17.6. The van der Waals surface area contributed by atoms with Crippen molar-refractivity contribution < 1.29 is 4.39 Å². The van der Waals surface area contributed by atoms with E-state index < -0.39 is 0 Å². The minimum absolute atomic E-state index is 0.142. The highest BCUT2D eigenvalue weighted by Gasteiger charge is 2.08. The van der Waals surface area contributed by atoms with E-state index in [1.165, 1.54) is 5.56 Å². The first-order valence-electron chi connectivity index (χ1n) is 10.2. The van der Waals surface area contributed by atoms with Gasteiger partial charge in [0.05, 0.1) is 0 Å². The van der Waals surface area contributed by atoms with E-state index in [-0.39, 0.29) is 5.82 Å². The Bertz CT molecular complexity index is 1230. The van der Waals surface area contributed by atoms with Gasteiger partial charge in [0.2, 0.25) is 0 Å². The third-order valence-corrected chi connectivity index (χ3v) is 5.60. The monoisotopic (exact) mass is 412 g/mol. The lowest BCUT2D eigenvalue weighted by Crippen LogP contribution is -1.96. The summed E-state index contributed by atoms with van der Waals surface area (Å²) in [5.74, 6) is 6.24. The van der Waals surface area contributed by atoms with Gasteiger partial charge in [0, 0.05) is 21.5 Å². The number of hydrogen-bond acceptors (Lipinski definition) is 0. The van der Waals surface area contributed by atoms with Crippen LogP contribution in [-0.2, 0) is 19.3 Å². The second-order valence-electron chi connectivity index (χ2n) is 7.40. The van der Waals surface area contributed by atoms with E-state index in [0.717, 1.165) is 40.5 Å². The summed E-state index contributed by atoms with van der Waals surface area (Å²) in [5.41, 5.74) is 5.05. The van der Waals surface area contributed by atoms with Crippen LogP contribution in [0.25, 0.3) is 10.8 Å². The van der Waals surface area contributed by atoms with Crippen LogP contribution >= 0.6 is 11.6 Å². The van der Waals surface area contributed by atoms with Gasteiger partial charge in [0.15, 0.2) is 0 Å². The van der Waals surface area contributed by atoms with Crippen LogP contribution in [0.15, 0.2) is 78.9 Å². The normalized spacial score (nSPS) is 10.6. The number of halogens is 2. The highest BCUT2D eigenvalue weighted by molar-refractivity contribution is 6.30. The van der Waals surface area contributed by atoms with E-state index in [2.05, 4.69) is 30.9 Å². The molecule has 148 valence electrons. The van der Waals surface area contributed by atoms with Gasteiger partial charge in [-0.3, -0.25) is 0 Å². The molecule has 0 aliphatic heterocycles. The SMILES string of the molecule is CCc1ccc(C#Cc2ccc3c(F)c(CCc4ccc(Cl)cc4)ccc3c2)cc1. The molecule has 0 bridgehead atoms. The van der Waals surface area contributed by atoms with Crippen molar-refractivity contribution in [2.24, 2.45) is 0 Å². The van der Waals surface area contributed by atoms with E-state index in [4.69, 9.17) is 11.6 Å². The molecular formula is C28H22ClF. The number of aryl methyl sites for hydroxylation is 3. The smallest absolute Gasteiger partial charge is 0.134 e. The molecule has 4 aromatic carbocycles. The van der Waals surface area contributed by atoms with Gasteiger partial charge in [-0.1, -0.05) is 72.8 Å². The summed E-state index contributed by atoms with van der Waals surface area (Å²) in [6.07, 6.45) is 2.45. The number of fused-ring (bicyclic) bond motifs is 1. The average Bonchev–Trinajstić information content (AvgIpc) is 2.78. The van der Waals surface area contributed by atoms with Gasteiger partial charge in [-0.25, -0.2) is 4.39 Å². The third kappa shape index (κ3) is 4.73. The molecule has 0 nitrogen and oxygen atoms in total. The Morgan fingerprint density at radius 3 is 2.13 bits per heavy atom. The minimum Gasteiger partial charge on any atom is -0.206 e. The van der Waals surface area contributed by atoms with Crippen molar-refractivity contribution in [3.63, 3.8) is 0 Å². The largest absolute Gasteiger partial charge is 0.206 e. The van der Waals surface area contributed by atoms with Gasteiger partial charge in [0.25, 0.3) is 0 Å². The molecule has 0 heterocycles. The summed E-state index contributed by atoms with van der Waals surface area (Å²) in [7, 11) is 0. The van der Waals surface area contributed by atoms with Crippen LogP contribution < -0.4 is 0 Å². The molecule has 0 unspecified atom stereocenters. The second kappa shape index (κ2) is 9.16. The summed E-state index contributed by atoms with van der Waals surface area (Å²) in [6, 6.07) is 25.5. The number of rotatable bonds is 4. The molecule has 0 amide bonds. The van der Waals surface area contributed by atoms with Gasteiger partial charge in [-0.15, -0.1) is 0 Å². The molecule has 4 aromatic rings. The first-order valence-corrected chi connectivity index (χ1v) is 10.6. The lowest BCUT2D eigenvalue weighted by atomic mass is 9.99. The molecule has 0 saturated carbocycles. The maximum absolute atomic E-state index is 15.0. The maximum Gasteiger partial charge on any atom is 0.134 e. The summed E-state index contributed by atoms with van der Waals surface area (Å²) < 4.78 is 15.0. The summed E-state index contributed by atoms with van der Waals surface area (Å²) >= 11 is 5.93. The highest BCUT2D eigenvalue weighted by Crippen LogP contribution is 2.24. The topological polar surface area (TPSA) is 0 Å². The van der Waals surface area contributed by atoms with Crippen molar-refractivity contribution in [1.82, 2.24) is 0 Å². The molecule has 0 spiro atoms. The Balaban J connectivity index is 1.53. The van der Waals surface area contributed by atoms with Gasteiger partial charge in [0.1, 0.15) is 5.82 Å². The van der Waals surface area contributed by atoms with Crippen molar-refractivity contribution >= 4 is 22.4 Å². The molecule has 0 aliphatic rings. The molecule has 0 aromatic heterocycles. The fourth-order valence-electron chi connectivity index (χ4n) is 3.51. The van der Waals surface area contributed by atoms with Gasteiger partial charge in [-0.05, 0) is 77.7 Å². The second-order valence-corrected chi connectivity index (χ2v) is 7.84. The van der Waals surface area contributed by atoms with Crippen molar-refractivity contribution in [3.05, 3.63) is 118 Å². The molecule has 0 aliphatic carbocycles. The predicted molar refractivity (Wildman–Crippen MR) is 125 cm³/mol. The lowest BCUT2D eigenvalue weighted by Gasteiger charge is -2.08. The molecule has 30 heavy (non-hydrogen) atoms. The third-order valence-electron chi connectivity index (χ3n) is 5.34. The van der Waals surface area contributed by atoms with Crippen LogP contribution in [0.3, 0.4) is 0 Å². The van der Waals surface area contributed by atoms with Gasteiger partial charge < -0.3 is 0 Å². The van der Waals surface area contributed by atoms with E-state index in [1.807, 2.05) is 66.7 Å². The van der Waals surface area contributed by atoms with Crippen molar-refractivity contribution in [3.8, 4) is 11.8 Å². The Hall–Kier alpha value is -3.08. The Kier molecular flexibility index (Phi) is 6.17. The van der Waals surface area contributed by atoms with Crippen LogP contribution in [0, 0.1) is 17.7 Å². The molecule has 2 heteroatoms. The quantitative estimate of drug-likeness (QED) is 0.307. The van der Waals surface area contributed by atoms with Crippen LogP contribution in [-0.4, -0.2) is 0 Å². The predicted octanol–water partition coefficient (Wildman–Crippen LogP) is 7.38. The van der Waals surface area contributed by atoms with Crippen molar-refractivity contribution in [2.75, 3.05) is 0 Å². The van der Waals surface area contributed by atoms with Crippen molar-refractivity contribution in [2.45, 2.75) is 26.2 Å². The van der Waals surface area contributed by atoms with Crippen LogP contribution in [0.4, 0.5) is 4.39 Å². The summed E-state index contributed by atoms with van der Waals surface area (Å²) in [5, 5.41) is 2.23. The van der Waals surface area contributed by atoms with Crippen LogP contribution in [0.5, 0.6) is 0 Å². The van der Waals surface area contributed by atoms with E-state index >= 15 is 4.39 Å². The molecule has 0 atom stereocenters. The highest BCUT2D eigenvalue weighted by atomic mass is 35.5. The van der Waals surface area contributed by atoms with Crippen molar-refractivity contribution in [1.29, 1.82) is 0 Å². The lowest BCUT2D eigenvalue weighted by molar-refractivity contribution is 0.620. The van der Waals surface area contributed by atoms with E-state index in [9.17, 15) is 0 Å². The molecule has 0 radical (unpaired) electrons. The average molecular weight is 413 g/mol. The fraction of sp³-hybridized carbons (Fsp3) is 0.143. The van der Waals surface area contributed by atoms with E-state index in [0.29, 0.717) is 16.8 Å². The maximum atomic E-state index is 15.0. The Morgan fingerprint density at radius 1 is 0.733 bits per heavy atom. The summed E-state index contributed by atoms with van der Waals surface area (Å²) in [6.45, 7) is 2.14. The standard InChI is InChI=1S/C28H22ClF/c1-2-20-3-5-21(6-4-20)7-8-23-12-18-27-25(19-23)15-14-24(28(27)30)13-9-22-10-16-26(29)17-11-22/h3-6,10-12,14-19H,2,9,13H2,1H3. The molecule has 4 rings (SSSR count). The molecular weight excluding hydrogens is 391 g/mol. The number of hydrogen-bond donors (Lipinski definition) is 0. The number of benzene rings is 4. The molecule has 0 saturated heterocycles. The van der Waals surface area contributed by atoms with Crippen LogP contribution in [0.2, 0.25) is 5.02 Å². The molecule has 0 fully saturated rings. The zero-order chi connectivity index (χ0) is 20.9. The molecule has 0 N–H and O–H groups in total. The van der Waals surface area contributed by atoms with Gasteiger partial charge >= 0.3 is 0 Å². The Morgan fingerprint density at radius 2 is 1.40 bits per heavy atom. The van der Waals surface area contributed by atoms with Crippen LogP contribution in [0.1, 0.15) is 34.7 Å². The fourth-order valence-corrected chi connectivity index (χ4v) is 3.63. The first-order chi connectivity index (χ1) is 14.6. The zero-order valence-electron chi connectivity index (χ0n) is 16.9. The first kappa shape index (κ1) is 20.2. The van der Waals surface area contributed by atoms with Gasteiger partial charge in [-0.2, -0.15) is 0 Å². The summed E-state index contributed by atoms with van der Waals surface area (Å²) in [4.78, 5) is 0. The Labute approximate surface area is 182 Å². The minimum atomic E-state index is -0.142. The van der Waals surface area contributed by atoms with E-state index in [1.54, 1.807) is 0 Å².